The smallest absolute Gasteiger partial charge is 0.230 e. The molecule has 2 fully saturated rings. The number of hydrogen-bond donors (Lipinski definition) is 0. The van der Waals surface area contributed by atoms with Crippen LogP contribution in [0.5, 0.6) is 0 Å². The molecular weight excluding hydrogens is 324 g/mol. The van der Waals surface area contributed by atoms with Gasteiger partial charge in [-0.3, -0.25) is 4.79 Å². The first-order valence-corrected chi connectivity index (χ1v) is 9.40. The van der Waals surface area contributed by atoms with E-state index in [-0.39, 0.29) is 12.0 Å². The molecular formula is C18H22N2O3S. The molecule has 5 nitrogen and oxygen atoms in total. The molecule has 6 heteroatoms. The molecule has 24 heavy (non-hydrogen) atoms. The van der Waals surface area contributed by atoms with Gasteiger partial charge in [0.05, 0.1) is 30.4 Å². The highest BCUT2D eigenvalue weighted by molar-refractivity contribution is 7.09. The van der Waals surface area contributed by atoms with E-state index in [1.807, 2.05) is 24.0 Å². The number of piperidine rings is 1. The minimum absolute atomic E-state index is 0.155. The van der Waals surface area contributed by atoms with Gasteiger partial charge in [-0.1, -0.05) is 0 Å². The number of aromatic nitrogens is 1. The van der Waals surface area contributed by atoms with Crippen LogP contribution in [0.15, 0.2) is 28.2 Å². The number of hydrogen-bond acceptors (Lipinski definition) is 5. The molecule has 2 aliphatic heterocycles. The Morgan fingerprint density at radius 3 is 3.17 bits per heavy atom. The molecule has 0 bridgehead atoms. The van der Waals surface area contributed by atoms with Crippen molar-refractivity contribution in [2.75, 3.05) is 19.7 Å². The Morgan fingerprint density at radius 2 is 2.42 bits per heavy atom. The van der Waals surface area contributed by atoms with E-state index in [2.05, 4.69) is 10.4 Å². The van der Waals surface area contributed by atoms with E-state index in [1.54, 1.807) is 17.6 Å². The fourth-order valence-electron chi connectivity index (χ4n) is 3.87. The van der Waals surface area contributed by atoms with Gasteiger partial charge >= 0.3 is 0 Å². The van der Waals surface area contributed by atoms with Crippen molar-refractivity contribution in [3.63, 3.8) is 0 Å². The van der Waals surface area contributed by atoms with Crippen LogP contribution in [0.25, 0.3) is 0 Å². The predicted molar refractivity (Wildman–Crippen MR) is 90.9 cm³/mol. The van der Waals surface area contributed by atoms with Crippen molar-refractivity contribution in [2.45, 2.75) is 32.3 Å². The van der Waals surface area contributed by atoms with Crippen molar-refractivity contribution in [3.8, 4) is 0 Å². The van der Waals surface area contributed by atoms with Crippen LogP contribution < -0.4 is 0 Å². The van der Waals surface area contributed by atoms with Gasteiger partial charge in [0.1, 0.15) is 5.76 Å². The number of thiazole rings is 1. The Bertz CT molecular complexity index is 697. The van der Waals surface area contributed by atoms with E-state index in [0.717, 1.165) is 49.0 Å². The molecule has 4 heterocycles. The predicted octanol–water partition coefficient (Wildman–Crippen LogP) is 2.69. The molecule has 2 aromatic heterocycles. The number of fused-ring (bicyclic) bond motifs is 1. The number of aryl methyl sites for hydroxylation is 1. The molecule has 0 aromatic carbocycles. The molecule has 3 atom stereocenters. The monoisotopic (exact) mass is 346 g/mol. The molecule has 2 aliphatic rings. The minimum atomic E-state index is 0.155. The Morgan fingerprint density at radius 1 is 1.50 bits per heavy atom. The maximum absolute atomic E-state index is 12.4. The molecule has 4 rings (SSSR count). The molecule has 0 spiro atoms. The molecule has 0 saturated carbocycles. The van der Waals surface area contributed by atoms with Crippen LogP contribution in [0.1, 0.15) is 22.9 Å². The summed E-state index contributed by atoms with van der Waals surface area (Å²) in [5.41, 5.74) is 1.09. The van der Waals surface area contributed by atoms with E-state index in [0.29, 0.717) is 18.3 Å². The molecule has 0 unspecified atom stereocenters. The molecule has 2 aromatic rings. The Kier molecular flexibility index (Phi) is 4.41. The molecule has 1 amide bonds. The summed E-state index contributed by atoms with van der Waals surface area (Å²) in [5.74, 6) is 1.89. The van der Waals surface area contributed by atoms with Gasteiger partial charge in [0.25, 0.3) is 0 Å². The average Bonchev–Trinajstić information content (AvgIpc) is 3.30. The number of likely N-dealkylation sites (tertiary alicyclic amines) is 1. The van der Waals surface area contributed by atoms with Gasteiger partial charge in [-0.2, -0.15) is 0 Å². The van der Waals surface area contributed by atoms with Gasteiger partial charge in [-0.25, -0.2) is 4.98 Å². The number of rotatable bonds is 4. The Balaban J connectivity index is 1.34. The Hall–Kier alpha value is -1.66. The van der Waals surface area contributed by atoms with Gasteiger partial charge in [-0.15, -0.1) is 11.3 Å². The lowest BCUT2D eigenvalue weighted by atomic mass is 9.83. The number of carbonyl (C=O) groups is 1. The number of nitrogens with zero attached hydrogens (tertiary/aromatic N) is 2. The summed E-state index contributed by atoms with van der Waals surface area (Å²) in [6, 6.07) is 3.68. The zero-order valence-corrected chi connectivity index (χ0v) is 14.6. The van der Waals surface area contributed by atoms with Crippen LogP contribution in [0.3, 0.4) is 0 Å². The highest BCUT2D eigenvalue weighted by atomic mass is 32.1. The van der Waals surface area contributed by atoms with Gasteiger partial charge in [-0.05, 0) is 31.4 Å². The summed E-state index contributed by atoms with van der Waals surface area (Å²) in [5, 5.41) is 3.26. The van der Waals surface area contributed by atoms with Crippen molar-refractivity contribution < 1.29 is 13.9 Å². The SMILES string of the molecule is Cc1csc(C[C@H]2OC[C@H]3CN(C(=O)Cc4ccco4)CC[C@H]32)n1. The second-order valence-electron chi connectivity index (χ2n) is 6.77. The maximum Gasteiger partial charge on any atom is 0.230 e. The lowest BCUT2D eigenvalue weighted by molar-refractivity contribution is -0.133. The second kappa shape index (κ2) is 6.69. The summed E-state index contributed by atoms with van der Waals surface area (Å²) >= 11 is 1.72. The fraction of sp³-hybridized carbons (Fsp3) is 0.556. The summed E-state index contributed by atoms with van der Waals surface area (Å²) in [6.45, 7) is 4.40. The fourth-order valence-corrected chi connectivity index (χ4v) is 4.68. The lowest BCUT2D eigenvalue weighted by Crippen LogP contribution is -2.45. The molecule has 2 saturated heterocycles. The zero-order chi connectivity index (χ0) is 16.5. The van der Waals surface area contributed by atoms with Crippen molar-refractivity contribution in [1.82, 2.24) is 9.88 Å². The molecule has 0 aliphatic carbocycles. The third-order valence-corrected chi connectivity index (χ3v) is 6.08. The quantitative estimate of drug-likeness (QED) is 0.854. The highest BCUT2D eigenvalue weighted by Crippen LogP contribution is 2.36. The van der Waals surface area contributed by atoms with Gasteiger partial charge in [0.2, 0.25) is 5.91 Å². The van der Waals surface area contributed by atoms with Crippen LogP contribution in [-0.2, 0) is 22.4 Å². The van der Waals surface area contributed by atoms with Crippen LogP contribution >= 0.6 is 11.3 Å². The third kappa shape index (κ3) is 3.26. The number of carbonyl (C=O) groups excluding carboxylic acids is 1. The topological polar surface area (TPSA) is 55.6 Å². The van der Waals surface area contributed by atoms with Crippen LogP contribution in [0, 0.1) is 18.8 Å². The second-order valence-corrected chi connectivity index (χ2v) is 7.71. The van der Waals surface area contributed by atoms with E-state index >= 15 is 0 Å². The number of amides is 1. The summed E-state index contributed by atoms with van der Waals surface area (Å²) in [7, 11) is 0. The third-order valence-electron chi connectivity index (χ3n) is 5.10. The minimum Gasteiger partial charge on any atom is -0.469 e. The van der Waals surface area contributed by atoms with Gasteiger partial charge in [0.15, 0.2) is 0 Å². The van der Waals surface area contributed by atoms with Crippen molar-refractivity contribution in [3.05, 3.63) is 40.2 Å². The number of furan rings is 1. The molecule has 128 valence electrons. The van der Waals surface area contributed by atoms with E-state index in [9.17, 15) is 4.79 Å². The zero-order valence-electron chi connectivity index (χ0n) is 13.8. The first-order chi connectivity index (χ1) is 11.7. The summed E-state index contributed by atoms with van der Waals surface area (Å²) < 4.78 is 11.3. The normalized spacial score (nSPS) is 26.5. The average molecular weight is 346 g/mol. The van der Waals surface area contributed by atoms with Crippen molar-refractivity contribution in [2.24, 2.45) is 11.8 Å². The summed E-state index contributed by atoms with van der Waals surface area (Å²) in [4.78, 5) is 19.0. The van der Waals surface area contributed by atoms with Gasteiger partial charge in [0, 0.05) is 36.5 Å². The van der Waals surface area contributed by atoms with Crippen LogP contribution in [0.4, 0.5) is 0 Å². The van der Waals surface area contributed by atoms with Crippen molar-refractivity contribution >= 4 is 17.2 Å². The number of ether oxygens (including phenoxy) is 1. The highest BCUT2D eigenvalue weighted by Gasteiger charge is 2.42. The summed E-state index contributed by atoms with van der Waals surface area (Å²) in [6.07, 6.45) is 4.14. The molecule has 0 N–H and O–H groups in total. The lowest BCUT2D eigenvalue weighted by Gasteiger charge is -2.35. The van der Waals surface area contributed by atoms with E-state index < -0.39 is 0 Å². The van der Waals surface area contributed by atoms with E-state index in [4.69, 9.17) is 9.15 Å². The first-order valence-electron chi connectivity index (χ1n) is 8.52. The van der Waals surface area contributed by atoms with Gasteiger partial charge < -0.3 is 14.1 Å². The molecule has 0 radical (unpaired) electrons. The first kappa shape index (κ1) is 15.8. The van der Waals surface area contributed by atoms with Crippen LogP contribution in [-0.4, -0.2) is 41.6 Å². The largest absolute Gasteiger partial charge is 0.469 e. The standard InChI is InChI=1S/C18H22N2O3S/c1-12-11-24-17(19-12)8-16-15-4-5-20(9-13(15)10-23-16)18(21)7-14-3-2-6-22-14/h2-3,6,11,13,15-16H,4-5,7-10H2,1H3/t13-,15-,16-/m1/s1. The maximum atomic E-state index is 12.4. The van der Waals surface area contributed by atoms with Crippen molar-refractivity contribution in [1.29, 1.82) is 0 Å². The van der Waals surface area contributed by atoms with E-state index in [1.165, 1.54) is 0 Å². The van der Waals surface area contributed by atoms with Crippen LogP contribution in [0.2, 0.25) is 0 Å². The Labute approximate surface area is 145 Å².